The van der Waals surface area contributed by atoms with Crippen LogP contribution in [0.15, 0.2) is 30.6 Å². The molecule has 3 aromatic rings. The standard InChI is InChI=1S/C22H26FN5O/c1-27-11-16-12-28(10-14-2-3-14)13-19(21(16)26-27)22(29)24-7-6-15-9-25-20-5-4-17(23)8-18(15)20/h4-5,8-9,11,14,19,25H,2-3,6-7,10,12-13H2,1H3,(H,24,29)/t19-/m1/s1. The molecule has 152 valence electrons. The average molecular weight is 395 g/mol. The monoisotopic (exact) mass is 395 g/mol. The van der Waals surface area contributed by atoms with Gasteiger partial charge in [0.1, 0.15) is 5.82 Å². The summed E-state index contributed by atoms with van der Waals surface area (Å²) in [6.45, 7) is 3.19. The lowest BCUT2D eigenvalue weighted by atomic mass is 9.95. The molecule has 2 N–H and O–H groups in total. The van der Waals surface area contributed by atoms with E-state index in [4.69, 9.17) is 0 Å². The number of carbonyl (C=O) groups excluding carboxylic acids is 1. The Morgan fingerprint density at radius 2 is 2.24 bits per heavy atom. The van der Waals surface area contributed by atoms with Crippen LogP contribution in [0.3, 0.4) is 0 Å². The summed E-state index contributed by atoms with van der Waals surface area (Å²) in [7, 11) is 1.91. The summed E-state index contributed by atoms with van der Waals surface area (Å²) in [5.74, 6) is 0.331. The van der Waals surface area contributed by atoms with Crippen molar-refractivity contribution in [2.75, 3.05) is 19.6 Å². The third-order valence-corrected chi connectivity index (χ3v) is 6.05. The van der Waals surface area contributed by atoms with Gasteiger partial charge in [0.2, 0.25) is 5.91 Å². The van der Waals surface area contributed by atoms with E-state index in [1.807, 2.05) is 24.1 Å². The van der Waals surface area contributed by atoms with Crippen molar-refractivity contribution < 1.29 is 9.18 Å². The van der Waals surface area contributed by atoms with Gasteiger partial charge in [-0.2, -0.15) is 5.10 Å². The van der Waals surface area contributed by atoms with E-state index in [0.717, 1.165) is 53.3 Å². The van der Waals surface area contributed by atoms with Crippen LogP contribution in [0.4, 0.5) is 4.39 Å². The molecule has 0 radical (unpaired) electrons. The molecule has 1 aromatic carbocycles. The molecule has 29 heavy (non-hydrogen) atoms. The van der Waals surface area contributed by atoms with Gasteiger partial charge < -0.3 is 10.3 Å². The normalized spacial score (nSPS) is 19.4. The molecular weight excluding hydrogens is 369 g/mol. The number of fused-ring (bicyclic) bond motifs is 2. The second-order valence-electron chi connectivity index (χ2n) is 8.45. The highest BCUT2D eigenvalue weighted by molar-refractivity contribution is 5.85. The number of hydrogen-bond acceptors (Lipinski definition) is 3. The van der Waals surface area contributed by atoms with Crippen molar-refractivity contribution in [3.05, 3.63) is 53.2 Å². The number of halogens is 1. The van der Waals surface area contributed by atoms with Crippen molar-refractivity contribution >= 4 is 16.8 Å². The van der Waals surface area contributed by atoms with Gasteiger partial charge >= 0.3 is 0 Å². The number of rotatable bonds is 6. The second kappa shape index (κ2) is 7.30. The van der Waals surface area contributed by atoms with E-state index in [0.29, 0.717) is 13.0 Å². The Morgan fingerprint density at radius 3 is 3.07 bits per heavy atom. The summed E-state index contributed by atoms with van der Waals surface area (Å²) >= 11 is 0. The van der Waals surface area contributed by atoms with Gasteiger partial charge in [0.25, 0.3) is 0 Å². The number of carbonyl (C=O) groups is 1. The zero-order valence-corrected chi connectivity index (χ0v) is 16.6. The molecule has 1 aliphatic carbocycles. The fraction of sp³-hybridized carbons (Fsp3) is 0.455. The van der Waals surface area contributed by atoms with Crippen LogP contribution >= 0.6 is 0 Å². The number of amides is 1. The zero-order valence-electron chi connectivity index (χ0n) is 16.6. The van der Waals surface area contributed by atoms with Crippen LogP contribution in [0.2, 0.25) is 0 Å². The van der Waals surface area contributed by atoms with E-state index < -0.39 is 0 Å². The number of benzene rings is 1. The van der Waals surface area contributed by atoms with Gasteiger partial charge in [-0.05, 0) is 48.9 Å². The first kappa shape index (κ1) is 18.4. The Morgan fingerprint density at radius 1 is 1.38 bits per heavy atom. The number of hydrogen-bond donors (Lipinski definition) is 2. The predicted molar refractivity (Wildman–Crippen MR) is 109 cm³/mol. The topological polar surface area (TPSA) is 66.0 Å². The third-order valence-electron chi connectivity index (χ3n) is 6.05. The molecule has 2 aliphatic rings. The van der Waals surface area contributed by atoms with E-state index in [1.54, 1.807) is 12.1 Å². The summed E-state index contributed by atoms with van der Waals surface area (Å²) in [5, 5.41) is 8.54. The zero-order chi connectivity index (χ0) is 20.0. The van der Waals surface area contributed by atoms with Gasteiger partial charge in [-0.15, -0.1) is 0 Å². The summed E-state index contributed by atoms with van der Waals surface area (Å²) in [5.41, 5.74) is 3.99. The molecule has 1 saturated carbocycles. The van der Waals surface area contributed by atoms with Crippen molar-refractivity contribution in [3.63, 3.8) is 0 Å². The molecule has 1 atom stereocenters. The fourth-order valence-electron chi connectivity index (χ4n) is 4.43. The quantitative estimate of drug-likeness (QED) is 0.675. The van der Waals surface area contributed by atoms with Gasteiger partial charge in [-0.25, -0.2) is 4.39 Å². The van der Waals surface area contributed by atoms with Crippen molar-refractivity contribution in [1.82, 2.24) is 25.0 Å². The Hall–Kier alpha value is -2.67. The van der Waals surface area contributed by atoms with Crippen LogP contribution in [0.25, 0.3) is 10.9 Å². The van der Waals surface area contributed by atoms with E-state index >= 15 is 0 Å². The maximum absolute atomic E-state index is 13.6. The maximum Gasteiger partial charge on any atom is 0.230 e. The highest BCUT2D eigenvalue weighted by Gasteiger charge is 2.35. The lowest BCUT2D eigenvalue weighted by Gasteiger charge is -2.31. The van der Waals surface area contributed by atoms with Gasteiger partial charge in [0, 0.05) is 62.1 Å². The Bertz CT molecular complexity index is 1050. The average Bonchev–Trinajstić information content (AvgIpc) is 3.29. The molecule has 6 nitrogen and oxygen atoms in total. The molecule has 1 aliphatic heterocycles. The van der Waals surface area contributed by atoms with Crippen LogP contribution in [0.1, 0.15) is 35.6 Å². The van der Waals surface area contributed by atoms with Crippen molar-refractivity contribution in [2.45, 2.75) is 31.7 Å². The first-order chi connectivity index (χ1) is 14.1. The minimum Gasteiger partial charge on any atom is -0.361 e. The number of aryl methyl sites for hydroxylation is 1. The van der Waals surface area contributed by atoms with Crippen molar-refractivity contribution in [3.8, 4) is 0 Å². The molecule has 0 saturated heterocycles. The molecule has 0 bridgehead atoms. The summed E-state index contributed by atoms with van der Waals surface area (Å²) in [6.07, 6.45) is 7.19. The predicted octanol–water partition coefficient (Wildman–Crippen LogP) is 2.71. The van der Waals surface area contributed by atoms with Crippen LogP contribution in [-0.4, -0.2) is 45.2 Å². The van der Waals surface area contributed by atoms with Gasteiger partial charge in [-0.1, -0.05) is 0 Å². The Labute approximate surface area is 169 Å². The lowest BCUT2D eigenvalue weighted by molar-refractivity contribution is -0.123. The Balaban J connectivity index is 1.26. The van der Waals surface area contributed by atoms with Crippen LogP contribution in [-0.2, 0) is 24.8 Å². The number of nitrogens with one attached hydrogen (secondary N) is 2. The Kier molecular flexibility index (Phi) is 4.62. The summed E-state index contributed by atoms with van der Waals surface area (Å²) in [6, 6.07) is 4.73. The van der Waals surface area contributed by atoms with Gasteiger partial charge in [-0.3, -0.25) is 14.4 Å². The highest BCUT2D eigenvalue weighted by atomic mass is 19.1. The van der Waals surface area contributed by atoms with Crippen LogP contribution in [0.5, 0.6) is 0 Å². The van der Waals surface area contributed by atoms with Crippen molar-refractivity contribution in [2.24, 2.45) is 13.0 Å². The van der Waals surface area contributed by atoms with Crippen LogP contribution < -0.4 is 5.32 Å². The first-order valence-electron chi connectivity index (χ1n) is 10.3. The van der Waals surface area contributed by atoms with E-state index in [1.165, 1.54) is 18.9 Å². The first-order valence-corrected chi connectivity index (χ1v) is 10.3. The van der Waals surface area contributed by atoms with E-state index in [9.17, 15) is 9.18 Å². The minimum atomic E-state index is -0.247. The molecule has 1 amide bonds. The molecule has 0 spiro atoms. The largest absolute Gasteiger partial charge is 0.361 e. The maximum atomic E-state index is 13.6. The molecule has 0 unspecified atom stereocenters. The minimum absolute atomic E-state index is 0.0245. The summed E-state index contributed by atoms with van der Waals surface area (Å²) in [4.78, 5) is 18.6. The number of nitrogens with zero attached hydrogens (tertiary/aromatic N) is 3. The molecule has 2 aromatic heterocycles. The number of aromatic nitrogens is 3. The summed E-state index contributed by atoms with van der Waals surface area (Å²) < 4.78 is 15.4. The molecule has 3 heterocycles. The molecule has 5 rings (SSSR count). The van der Waals surface area contributed by atoms with E-state index in [-0.39, 0.29) is 17.6 Å². The SMILES string of the molecule is Cn1cc2c(n1)[C@H](C(=O)NCCc1c[nH]c3ccc(F)cc13)CN(CC1CC1)C2. The van der Waals surface area contributed by atoms with Gasteiger partial charge in [0.05, 0.1) is 11.6 Å². The lowest BCUT2D eigenvalue weighted by Crippen LogP contribution is -2.42. The van der Waals surface area contributed by atoms with E-state index in [2.05, 4.69) is 20.3 Å². The fourth-order valence-corrected chi connectivity index (χ4v) is 4.43. The number of aromatic amines is 1. The number of H-pyrrole nitrogens is 1. The molecule has 7 heteroatoms. The highest BCUT2D eigenvalue weighted by Crippen LogP contribution is 2.34. The smallest absolute Gasteiger partial charge is 0.230 e. The van der Waals surface area contributed by atoms with Crippen LogP contribution in [0, 0.1) is 11.7 Å². The molecular formula is C22H26FN5O. The van der Waals surface area contributed by atoms with Crippen molar-refractivity contribution in [1.29, 1.82) is 0 Å². The molecule has 1 fully saturated rings. The van der Waals surface area contributed by atoms with Gasteiger partial charge in [0.15, 0.2) is 0 Å². The second-order valence-corrected chi connectivity index (χ2v) is 8.45. The third kappa shape index (κ3) is 3.79.